The normalized spacial score (nSPS) is 13.9. The smallest absolute Gasteiger partial charge is 0.273 e. The van der Waals surface area contributed by atoms with Gasteiger partial charge in [0.05, 0.1) is 6.54 Å². The molecule has 156 valence electrons. The van der Waals surface area contributed by atoms with Gasteiger partial charge in [-0.15, -0.1) is 0 Å². The number of ether oxygens (including phenoxy) is 1. The van der Waals surface area contributed by atoms with Gasteiger partial charge in [0, 0.05) is 52.0 Å². The molecular formula is C20H27N5O3S. The van der Waals surface area contributed by atoms with Gasteiger partial charge in [0.2, 0.25) is 5.91 Å². The average Bonchev–Trinajstić information content (AvgIpc) is 3.20. The molecule has 1 aliphatic heterocycles. The van der Waals surface area contributed by atoms with Crippen LogP contribution in [0.1, 0.15) is 16.9 Å². The SMILES string of the molecule is COCCCNc1sc(-c2ccccc2)nc1C(=O)NCC(=O)N1CCNCC1. The first kappa shape index (κ1) is 21.2. The first-order valence-corrected chi connectivity index (χ1v) is 10.6. The summed E-state index contributed by atoms with van der Waals surface area (Å²) in [7, 11) is 1.66. The molecule has 0 unspecified atom stereocenters. The van der Waals surface area contributed by atoms with Crippen LogP contribution < -0.4 is 16.0 Å². The summed E-state index contributed by atoms with van der Waals surface area (Å²) in [5.74, 6) is -0.422. The highest BCUT2D eigenvalue weighted by Gasteiger charge is 2.21. The maximum Gasteiger partial charge on any atom is 0.273 e. The number of hydrogen-bond donors (Lipinski definition) is 3. The van der Waals surface area contributed by atoms with Gasteiger partial charge in [0.25, 0.3) is 5.91 Å². The quantitative estimate of drug-likeness (QED) is 0.534. The lowest BCUT2D eigenvalue weighted by Crippen LogP contribution is -2.49. The zero-order valence-corrected chi connectivity index (χ0v) is 17.4. The predicted octanol–water partition coefficient (Wildman–Crippen LogP) is 1.42. The van der Waals surface area contributed by atoms with E-state index in [2.05, 4.69) is 20.9 Å². The van der Waals surface area contributed by atoms with Crippen molar-refractivity contribution in [3.63, 3.8) is 0 Å². The van der Waals surface area contributed by atoms with Crippen molar-refractivity contribution in [1.82, 2.24) is 20.5 Å². The van der Waals surface area contributed by atoms with Crippen LogP contribution in [0.4, 0.5) is 5.00 Å². The van der Waals surface area contributed by atoms with E-state index in [-0.39, 0.29) is 18.4 Å². The second-order valence-corrected chi connectivity index (χ2v) is 7.65. The minimum atomic E-state index is -0.346. The molecule has 2 amide bonds. The summed E-state index contributed by atoms with van der Waals surface area (Å²) in [5, 5.41) is 10.7. The number of carbonyl (C=O) groups excluding carboxylic acids is 2. The number of nitrogens with zero attached hydrogens (tertiary/aromatic N) is 2. The molecule has 1 aromatic carbocycles. The van der Waals surface area contributed by atoms with E-state index >= 15 is 0 Å². The Hall–Kier alpha value is -2.49. The van der Waals surface area contributed by atoms with Gasteiger partial charge in [0.15, 0.2) is 5.69 Å². The topological polar surface area (TPSA) is 95.6 Å². The Morgan fingerprint density at radius 2 is 2.00 bits per heavy atom. The van der Waals surface area contributed by atoms with Gasteiger partial charge >= 0.3 is 0 Å². The summed E-state index contributed by atoms with van der Waals surface area (Å²) in [4.78, 5) is 31.4. The van der Waals surface area contributed by atoms with E-state index in [0.29, 0.717) is 36.9 Å². The van der Waals surface area contributed by atoms with Crippen LogP contribution in [0.2, 0.25) is 0 Å². The fourth-order valence-electron chi connectivity index (χ4n) is 2.98. The van der Waals surface area contributed by atoms with Crippen molar-refractivity contribution < 1.29 is 14.3 Å². The number of carbonyl (C=O) groups is 2. The molecule has 0 atom stereocenters. The lowest BCUT2D eigenvalue weighted by molar-refractivity contribution is -0.130. The Labute approximate surface area is 174 Å². The predicted molar refractivity (Wildman–Crippen MR) is 114 cm³/mol. The molecule has 0 aliphatic carbocycles. The maximum atomic E-state index is 12.8. The van der Waals surface area contributed by atoms with E-state index in [9.17, 15) is 9.59 Å². The Morgan fingerprint density at radius 3 is 2.72 bits per heavy atom. The van der Waals surface area contributed by atoms with Crippen LogP contribution in [0.3, 0.4) is 0 Å². The maximum absolute atomic E-state index is 12.8. The number of anilines is 1. The van der Waals surface area contributed by atoms with E-state index in [1.165, 1.54) is 11.3 Å². The number of benzene rings is 1. The molecule has 0 saturated carbocycles. The Morgan fingerprint density at radius 1 is 1.24 bits per heavy atom. The van der Waals surface area contributed by atoms with Gasteiger partial charge < -0.3 is 25.6 Å². The van der Waals surface area contributed by atoms with Gasteiger partial charge in [-0.1, -0.05) is 41.7 Å². The summed E-state index contributed by atoms with van der Waals surface area (Å²) in [6.07, 6.45) is 0.817. The van der Waals surface area contributed by atoms with Crippen LogP contribution in [0.5, 0.6) is 0 Å². The van der Waals surface area contributed by atoms with Crippen molar-refractivity contribution in [1.29, 1.82) is 0 Å². The van der Waals surface area contributed by atoms with Crippen molar-refractivity contribution in [2.75, 3.05) is 58.3 Å². The third kappa shape index (κ3) is 5.99. The van der Waals surface area contributed by atoms with Crippen LogP contribution in [0.15, 0.2) is 30.3 Å². The Balaban J connectivity index is 1.68. The monoisotopic (exact) mass is 417 g/mol. The zero-order chi connectivity index (χ0) is 20.5. The molecule has 3 rings (SSSR count). The number of thiazole rings is 1. The molecule has 0 bridgehead atoms. The minimum Gasteiger partial charge on any atom is -0.385 e. The van der Waals surface area contributed by atoms with Gasteiger partial charge in [-0.25, -0.2) is 4.98 Å². The molecule has 3 N–H and O–H groups in total. The highest BCUT2D eigenvalue weighted by atomic mass is 32.1. The van der Waals surface area contributed by atoms with Crippen LogP contribution in [0, 0.1) is 0 Å². The summed E-state index contributed by atoms with van der Waals surface area (Å²) < 4.78 is 5.08. The van der Waals surface area contributed by atoms with E-state index in [1.807, 2.05) is 30.3 Å². The fraction of sp³-hybridized carbons (Fsp3) is 0.450. The molecule has 29 heavy (non-hydrogen) atoms. The van der Waals surface area contributed by atoms with Gasteiger partial charge in [-0.05, 0) is 6.42 Å². The molecule has 1 aromatic heterocycles. The highest BCUT2D eigenvalue weighted by Crippen LogP contribution is 2.32. The third-order valence-electron chi connectivity index (χ3n) is 4.54. The van der Waals surface area contributed by atoms with Crippen molar-refractivity contribution in [3.8, 4) is 10.6 Å². The average molecular weight is 418 g/mol. The number of nitrogens with one attached hydrogen (secondary N) is 3. The van der Waals surface area contributed by atoms with Crippen LogP contribution in [0.25, 0.3) is 10.6 Å². The molecule has 1 saturated heterocycles. The molecular weight excluding hydrogens is 390 g/mol. The second-order valence-electron chi connectivity index (χ2n) is 6.65. The number of methoxy groups -OCH3 is 1. The van der Waals surface area contributed by atoms with E-state index in [4.69, 9.17) is 4.74 Å². The molecule has 2 aromatic rings. The van der Waals surface area contributed by atoms with Crippen molar-refractivity contribution in [2.45, 2.75) is 6.42 Å². The summed E-state index contributed by atoms with van der Waals surface area (Å²) in [6, 6.07) is 9.74. The van der Waals surface area contributed by atoms with Crippen molar-refractivity contribution in [3.05, 3.63) is 36.0 Å². The van der Waals surface area contributed by atoms with Crippen molar-refractivity contribution >= 4 is 28.2 Å². The molecule has 1 fully saturated rings. The molecule has 1 aliphatic rings. The molecule has 9 heteroatoms. The number of hydrogen-bond acceptors (Lipinski definition) is 7. The van der Waals surface area contributed by atoms with Gasteiger partial charge in [-0.3, -0.25) is 9.59 Å². The lowest BCUT2D eigenvalue weighted by atomic mass is 10.2. The fourth-order valence-corrected chi connectivity index (χ4v) is 3.98. The Bertz CT molecular complexity index is 806. The second kappa shape index (κ2) is 10.9. The third-order valence-corrected chi connectivity index (χ3v) is 5.61. The lowest BCUT2D eigenvalue weighted by Gasteiger charge is -2.27. The van der Waals surface area contributed by atoms with Crippen LogP contribution in [-0.4, -0.2) is 74.7 Å². The minimum absolute atomic E-state index is 0.0276. The first-order valence-electron chi connectivity index (χ1n) is 9.75. The van der Waals surface area contributed by atoms with E-state index < -0.39 is 0 Å². The van der Waals surface area contributed by atoms with E-state index in [0.717, 1.165) is 30.1 Å². The van der Waals surface area contributed by atoms with E-state index in [1.54, 1.807) is 12.0 Å². The number of piperazine rings is 1. The first-order chi connectivity index (χ1) is 14.2. The molecule has 0 spiro atoms. The molecule has 2 heterocycles. The highest BCUT2D eigenvalue weighted by molar-refractivity contribution is 7.19. The Kier molecular flexibility index (Phi) is 7.97. The standard InChI is InChI=1S/C20H27N5O3S/c1-28-13-5-8-22-20-17(24-19(29-20)15-6-3-2-4-7-15)18(27)23-14-16(26)25-11-9-21-10-12-25/h2-4,6-7,21-22H,5,8-14H2,1H3,(H,23,27). The summed E-state index contributed by atoms with van der Waals surface area (Å²) in [6.45, 7) is 4.16. The summed E-state index contributed by atoms with van der Waals surface area (Å²) >= 11 is 1.43. The molecule has 0 radical (unpaired) electrons. The van der Waals surface area contributed by atoms with Crippen LogP contribution >= 0.6 is 11.3 Å². The van der Waals surface area contributed by atoms with Gasteiger partial charge in [0.1, 0.15) is 10.0 Å². The largest absolute Gasteiger partial charge is 0.385 e. The van der Waals surface area contributed by atoms with Crippen molar-refractivity contribution in [2.24, 2.45) is 0 Å². The van der Waals surface area contributed by atoms with Crippen LogP contribution in [-0.2, 0) is 9.53 Å². The number of amides is 2. The number of aromatic nitrogens is 1. The zero-order valence-electron chi connectivity index (χ0n) is 16.6. The van der Waals surface area contributed by atoms with Gasteiger partial charge in [-0.2, -0.15) is 0 Å². The molecule has 8 nitrogen and oxygen atoms in total. The number of rotatable bonds is 9. The summed E-state index contributed by atoms with van der Waals surface area (Å²) in [5.41, 5.74) is 1.27.